The summed E-state index contributed by atoms with van der Waals surface area (Å²) in [5.41, 5.74) is 2.65. The molecule has 0 unspecified atom stereocenters. The summed E-state index contributed by atoms with van der Waals surface area (Å²) in [6.07, 6.45) is 1.90. The van der Waals surface area contributed by atoms with Crippen LogP contribution in [0.4, 0.5) is 0 Å². The third-order valence-corrected chi connectivity index (χ3v) is 7.20. The van der Waals surface area contributed by atoms with E-state index in [-0.39, 0.29) is 5.66 Å². The zero-order chi connectivity index (χ0) is 17.6. The number of hydrogen-bond acceptors (Lipinski definition) is 1. The molecule has 0 radical (unpaired) electrons. The van der Waals surface area contributed by atoms with Crippen LogP contribution in [0.1, 0.15) is 16.9 Å². The first-order valence-electron chi connectivity index (χ1n) is 8.79. The molecule has 1 heterocycles. The lowest BCUT2D eigenvalue weighted by atomic mass is 10.1. The topological polar surface area (TPSA) is 12.9 Å². The maximum absolute atomic E-state index is 4.74. The van der Waals surface area contributed by atoms with E-state index >= 15 is 0 Å². The number of aromatic nitrogens is 1. The van der Waals surface area contributed by atoms with Crippen molar-refractivity contribution in [3.05, 3.63) is 127 Å². The molecule has 1 aromatic heterocycles. The second-order valence-electron chi connectivity index (χ2n) is 6.11. The fourth-order valence-electron chi connectivity index (χ4n) is 3.25. The summed E-state index contributed by atoms with van der Waals surface area (Å²) in [7, 11) is -0.629. The van der Waals surface area contributed by atoms with Crippen LogP contribution in [0.2, 0.25) is 0 Å². The summed E-state index contributed by atoms with van der Waals surface area (Å²) in [5.74, 6) is 0. The zero-order valence-electron chi connectivity index (χ0n) is 14.4. The quantitative estimate of drug-likeness (QED) is 0.444. The summed E-state index contributed by atoms with van der Waals surface area (Å²) >= 11 is 0. The van der Waals surface area contributed by atoms with E-state index in [1.165, 1.54) is 16.2 Å². The van der Waals surface area contributed by atoms with Crippen molar-refractivity contribution in [1.29, 1.82) is 0 Å². The van der Waals surface area contributed by atoms with Gasteiger partial charge < -0.3 is 0 Å². The molecule has 2 heteroatoms. The summed E-state index contributed by atoms with van der Waals surface area (Å²) in [4.78, 5) is 4.74. The molecule has 3 aromatic carbocycles. The van der Waals surface area contributed by atoms with Gasteiger partial charge in [-0.3, -0.25) is 4.98 Å². The van der Waals surface area contributed by atoms with Crippen molar-refractivity contribution < 1.29 is 0 Å². The zero-order valence-corrected chi connectivity index (χ0v) is 15.3. The van der Waals surface area contributed by atoms with E-state index in [1.807, 2.05) is 12.3 Å². The first kappa shape index (κ1) is 16.7. The van der Waals surface area contributed by atoms with E-state index in [0.29, 0.717) is 0 Å². The third kappa shape index (κ3) is 3.59. The van der Waals surface area contributed by atoms with Gasteiger partial charge in [-0.05, 0) is 36.2 Å². The minimum atomic E-state index is -0.629. The molecule has 0 aliphatic rings. The number of nitrogens with zero attached hydrogens (tertiary/aromatic N) is 1. The SMILES string of the molecule is c1ccc([C@H](c2ccccn2)P(c2ccccc2)c2ccccc2)cc1. The summed E-state index contributed by atoms with van der Waals surface area (Å²) < 4.78 is 0. The first-order chi connectivity index (χ1) is 12.9. The molecule has 0 bridgehead atoms. The normalized spacial score (nSPS) is 12.0. The highest BCUT2D eigenvalue weighted by Crippen LogP contribution is 2.52. The van der Waals surface area contributed by atoms with E-state index in [9.17, 15) is 0 Å². The average Bonchev–Trinajstić information content (AvgIpc) is 2.74. The maximum Gasteiger partial charge on any atom is 0.0544 e. The molecular formula is C24H20NP. The molecule has 0 saturated heterocycles. The van der Waals surface area contributed by atoms with Crippen molar-refractivity contribution in [3.8, 4) is 0 Å². The Hall–Kier alpha value is -2.76. The molecular weight excluding hydrogens is 333 g/mol. The lowest BCUT2D eigenvalue weighted by molar-refractivity contribution is 1.04. The number of hydrogen-bond donors (Lipinski definition) is 0. The molecule has 126 valence electrons. The molecule has 1 atom stereocenters. The van der Waals surface area contributed by atoms with Crippen LogP contribution < -0.4 is 10.6 Å². The van der Waals surface area contributed by atoms with Gasteiger partial charge in [0.15, 0.2) is 0 Å². The second-order valence-corrected chi connectivity index (χ2v) is 8.40. The van der Waals surface area contributed by atoms with Gasteiger partial charge in [0.1, 0.15) is 0 Å². The van der Waals surface area contributed by atoms with Crippen LogP contribution in [0.15, 0.2) is 115 Å². The lowest BCUT2D eigenvalue weighted by Gasteiger charge is -2.29. The molecule has 4 rings (SSSR count). The molecule has 0 amide bonds. The molecule has 4 aromatic rings. The van der Waals surface area contributed by atoms with E-state index in [2.05, 4.69) is 103 Å². The van der Waals surface area contributed by atoms with Gasteiger partial charge in [-0.2, -0.15) is 0 Å². The van der Waals surface area contributed by atoms with Crippen molar-refractivity contribution in [2.75, 3.05) is 0 Å². The van der Waals surface area contributed by atoms with Crippen LogP contribution in [0.3, 0.4) is 0 Å². The van der Waals surface area contributed by atoms with Crippen LogP contribution in [0.25, 0.3) is 0 Å². The van der Waals surface area contributed by atoms with Crippen LogP contribution in [-0.2, 0) is 0 Å². The Morgan fingerprint density at radius 2 is 1.04 bits per heavy atom. The molecule has 26 heavy (non-hydrogen) atoms. The van der Waals surface area contributed by atoms with Gasteiger partial charge >= 0.3 is 0 Å². The van der Waals surface area contributed by atoms with E-state index < -0.39 is 7.92 Å². The van der Waals surface area contributed by atoms with Gasteiger partial charge in [0.25, 0.3) is 0 Å². The Morgan fingerprint density at radius 3 is 1.54 bits per heavy atom. The maximum atomic E-state index is 4.74. The van der Waals surface area contributed by atoms with Crippen LogP contribution in [0, 0.1) is 0 Å². The molecule has 0 spiro atoms. The van der Waals surface area contributed by atoms with Gasteiger partial charge in [-0.1, -0.05) is 97.1 Å². The van der Waals surface area contributed by atoms with Crippen molar-refractivity contribution >= 4 is 18.5 Å². The Labute approximate surface area is 156 Å². The largest absolute Gasteiger partial charge is 0.260 e. The van der Waals surface area contributed by atoms with Crippen LogP contribution >= 0.6 is 7.92 Å². The summed E-state index contributed by atoms with van der Waals surface area (Å²) in [6.45, 7) is 0. The molecule has 0 N–H and O–H groups in total. The van der Waals surface area contributed by atoms with E-state index in [4.69, 9.17) is 4.98 Å². The second kappa shape index (κ2) is 8.08. The molecule has 0 fully saturated rings. The minimum absolute atomic E-state index is 0.220. The molecule has 0 saturated carbocycles. The Kier molecular flexibility index (Phi) is 5.19. The van der Waals surface area contributed by atoms with Crippen LogP contribution in [-0.4, -0.2) is 4.98 Å². The van der Waals surface area contributed by atoms with E-state index in [0.717, 1.165) is 5.69 Å². The van der Waals surface area contributed by atoms with Crippen molar-refractivity contribution in [2.24, 2.45) is 0 Å². The predicted octanol–water partition coefficient (Wildman–Crippen LogP) is 5.30. The number of rotatable bonds is 5. The highest BCUT2D eigenvalue weighted by molar-refractivity contribution is 7.73. The highest BCUT2D eigenvalue weighted by atomic mass is 31.1. The standard InChI is InChI=1S/C24H20NP/c1-4-12-20(13-5-1)24(23-18-10-11-19-25-23)26(21-14-6-2-7-15-21)22-16-8-3-9-17-22/h1-19,24H/t24-/m1/s1. The third-order valence-electron chi connectivity index (χ3n) is 4.41. The van der Waals surface area contributed by atoms with Gasteiger partial charge in [-0.15, -0.1) is 0 Å². The van der Waals surface area contributed by atoms with Crippen LogP contribution in [0.5, 0.6) is 0 Å². The Balaban J connectivity index is 1.93. The molecule has 0 aliphatic carbocycles. The van der Waals surface area contributed by atoms with E-state index in [1.54, 1.807) is 0 Å². The fourth-order valence-corrected chi connectivity index (χ4v) is 6.02. The fraction of sp³-hybridized carbons (Fsp3) is 0.0417. The van der Waals surface area contributed by atoms with Gasteiger partial charge in [0, 0.05) is 6.20 Å². The molecule has 1 nitrogen and oxygen atoms in total. The van der Waals surface area contributed by atoms with Gasteiger partial charge in [-0.25, -0.2) is 0 Å². The minimum Gasteiger partial charge on any atom is -0.260 e. The first-order valence-corrected chi connectivity index (χ1v) is 10.2. The number of pyridine rings is 1. The lowest BCUT2D eigenvalue weighted by Crippen LogP contribution is -2.18. The van der Waals surface area contributed by atoms with Gasteiger partial charge in [0.2, 0.25) is 0 Å². The molecule has 0 aliphatic heterocycles. The Bertz CT molecular complexity index is 765. The smallest absolute Gasteiger partial charge is 0.0544 e. The predicted molar refractivity (Wildman–Crippen MR) is 112 cm³/mol. The van der Waals surface area contributed by atoms with Crippen molar-refractivity contribution in [2.45, 2.75) is 5.66 Å². The monoisotopic (exact) mass is 353 g/mol. The van der Waals surface area contributed by atoms with Gasteiger partial charge in [0.05, 0.1) is 11.4 Å². The summed E-state index contributed by atoms with van der Waals surface area (Å²) in [5, 5.41) is 2.74. The van der Waals surface area contributed by atoms with Crippen molar-refractivity contribution in [1.82, 2.24) is 4.98 Å². The Morgan fingerprint density at radius 1 is 0.538 bits per heavy atom. The average molecular weight is 353 g/mol. The summed E-state index contributed by atoms with van der Waals surface area (Å²) in [6, 6.07) is 38.7. The number of benzene rings is 3. The highest BCUT2D eigenvalue weighted by Gasteiger charge is 2.28. The van der Waals surface area contributed by atoms with Crippen molar-refractivity contribution in [3.63, 3.8) is 0 Å².